The number of rotatable bonds is 6. The molecule has 2 heteroatoms. The summed E-state index contributed by atoms with van der Waals surface area (Å²) >= 11 is 0. The Balaban J connectivity index is 2.03. The fourth-order valence-corrected chi connectivity index (χ4v) is 5.75. The van der Waals surface area contributed by atoms with Crippen LogP contribution in [0.3, 0.4) is 0 Å². The van der Waals surface area contributed by atoms with E-state index in [1.54, 1.807) is 5.57 Å². The molecule has 0 unspecified atom stereocenters. The van der Waals surface area contributed by atoms with Crippen LogP contribution in [0.5, 0.6) is 0 Å². The van der Waals surface area contributed by atoms with E-state index in [-0.39, 0.29) is 0 Å². The second-order valence-corrected chi connectivity index (χ2v) is 9.60. The highest BCUT2D eigenvalue weighted by atomic mass is 16.4. The van der Waals surface area contributed by atoms with E-state index in [0.29, 0.717) is 10.8 Å². The van der Waals surface area contributed by atoms with Crippen LogP contribution in [0.15, 0.2) is 28.5 Å². The molecule has 0 aromatic rings. The van der Waals surface area contributed by atoms with Gasteiger partial charge in [-0.15, -0.1) is 0 Å². The van der Waals surface area contributed by atoms with E-state index < -0.39 is 0 Å². The smallest absolute Gasteiger partial charge is 0.0543 e. The van der Waals surface area contributed by atoms with Gasteiger partial charge in [0.05, 0.1) is 5.71 Å². The Morgan fingerprint density at radius 2 is 1.96 bits per heavy atom. The van der Waals surface area contributed by atoms with E-state index in [1.807, 2.05) is 6.92 Å². The first-order valence-corrected chi connectivity index (χ1v) is 10.2. The summed E-state index contributed by atoms with van der Waals surface area (Å²) in [6, 6.07) is 0. The monoisotopic (exact) mass is 345 g/mol. The third kappa shape index (κ3) is 4.57. The average Bonchev–Trinajstić information content (AvgIpc) is 2.53. The molecule has 0 spiro atoms. The molecule has 0 saturated heterocycles. The Bertz CT molecular complexity index is 554. The minimum atomic E-state index is 0.473. The molecule has 1 saturated carbocycles. The Hall–Kier alpha value is -1.05. The van der Waals surface area contributed by atoms with Gasteiger partial charge < -0.3 is 5.21 Å². The van der Waals surface area contributed by atoms with E-state index in [2.05, 4.69) is 51.9 Å². The van der Waals surface area contributed by atoms with Gasteiger partial charge in [0.15, 0.2) is 0 Å². The molecule has 2 nitrogen and oxygen atoms in total. The van der Waals surface area contributed by atoms with Crippen molar-refractivity contribution in [2.45, 2.75) is 92.9 Å². The fourth-order valence-electron chi connectivity index (χ4n) is 5.75. The summed E-state index contributed by atoms with van der Waals surface area (Å²) in [6.07, 6.45) is 14.6. The molecule has 1 fully saturated rings. The highest BCUT2D eigenvalue weighted by molar-refractivity contribution is 5.81. The standard InChI is InChI=1S/C23H39NO/c1-17(9-7-10-19(3)24-25)11-13-20-18(2)12-14-21-22(4,5)15-8-16-23(20,21)6/h9,12,20-21,25H,7-8,10-11,13-16H2,1-6H3/b17-9+,24-19-/t20-,21-,23-/m1/s1. The zero-order valence-corrected chi connectivity index (χ0v) is 17.4. The second kappa shape index (κ2) is 8.10. The van der Waals surface area contributed by atoms with Crippen LogP contribution in [0.25, 0.3) is 0 Å². The highest BCUT2D eigenvalue weighted by Crippen LogP contribution is 2.60. The van der Waals surface area contributed by atoms with Crippen LogP contribution >= 0.6 is 0 Å². The summed E-state index contributed by atoms with van der Waals surface area (Å²) in [5, 5.41) is 12.0. The van der Waals surface area contributed by atoms with Gasteiger partial charge in [-0.1, -0.05) is 55.6 Å². The van der Waals surface area contributed by atoms with Gasteiger partial charge in [-0.25, -0.2) is 0 Å². The lowest BCUT2D eigenvalue weighted by molar-refractivity contribution is -0.0390. The van der Waals surface area contributed by atoms with Crippen LogP contribution < -0.4 is 0 Å². The maximum absolute atomic E-state index is 8.74. The lowest BCUT2D eigenvalue weighted by atomic mass is 9.48. The van der Waals surface area contributed by atoms with Crippen LogP contribution in [0.2, 0.25) is 0 Å². The van der Waals surface area contributed by atoms with Crippen molar-refractivity contribution in [3.05, 3.63) is 23.3 Å². The summed E-state index contributed by atoms with van der Waals surface area (Å²) in [6.45, 7) is 14.1. The number of hydrogen-bond donors (Lipinski definition) is 1. The summed E-state index contributed by atoms with van der Waals surface area (Å²) in [7, 11) is 0. The Kier molecular flexibility index (Phi) is 6.56. The van der Waals surface area contributed by atoms with Gasteiger partial charge in [-0.2, -0.15) is 0 Å². The van der Waals surface area contributed by atoms with Crippen molar-refractivity contribution >= 4 is 5.71 Å². The molecule has 2 rings (SSSR count). The topological polar surface area (TPSA) is 32.6 Å². The number of hydrogen-bond acceptors (Lipinski definition) is 2. The van der Waals surface area contributed by atoms with Gasteiger partial charge >= 0.3 is 0 Å². The molecule has 0 aromatic carbocycles. The van der Waals surface area contributed by atoms with Crippen LogP contribution in [-0.2, 0) is 0 Å². The molecular weight excluding hydrogens is 306 g/mol. The number of allylic oxidation sites excluding steroid dienone is 4. The van der Waals surface area contributed by atoms with Crippen molar-refractivity contribution in [3.63, 3.8) is 0 Å². The molecule has 25 heavy (non-hydrogen) atoms. The molecule has 0 radical (unpaired) electrons. The predicted octanol–water partition coefficient (Wildman–Crippen LogP) is 7.14. The third-order valence-electron chi connectivity index (χ3n) is 7.29. The first kappa shape index (κ1) is 20.3. The van der Waals surface area contributed by atoms with Gasteiger partial charge in [-0.05, 0) is 88.4 Å². The van der Waals surface area contributed by atoms with Crippen molar-refractivity contribution < 1.29 is 5.21 Å². The quantitative estimate of drug-likeness (QED) is 0.236. The SMILES string of the molecule is CC1=CC[C@@H]2C(C)(C)CCC[C@]2(C)[C@@H]1CC/C(C)=C/CC/C(C)=N\O. The van der Waals surface area contributed by atoms with E-state index in [0.717, 1.165) is 30.4 Å². The average molecular weight is 346 g/mol. The van der Waals surface area contributed by atoms with Crippen LogP contribution in [0.4, 0.5) is 0 Å². The Morgan fingerprint density at radius 1 is 1.24 bits per heavy atom. The molecule has 3 atom stereocenters. The number of oxime groups is 1. The third-order valence-corrected chi connectivity index (χ3v) is 7.29. The molecule has 0 bridgehead atoms. The molecule has 0 amide bonds. The minimum absolute atomic E-state index is 0.473. The van der Waals surface area contributed by atoms with Crippen molar-refractivity contribution in [2.75, 3.05) is 0 Å². The molecule has 0 aliphatic heterocycles. The Morgan fingerprint density at radius 3 is 2.64 bits per heavy atom. The molecule has 2 aliphatic rings. The van der Waals surface area contributed by atoms with Gasteiger partial charge in [0.1, 0.15) is 0 Å². The van der Waals surface area contributed by atoms with Gasteiger partial charge in [0, 0.05) is 0 Å². The summed E-state index contributed by atoms with van der Waals surface area (Å²) in [4.78, 5) is 0. The first-order valence-electron chi connectivity index (χ1n) is 10.2. The number of fused-ring (bicyclic) bond motifs is 1. The summed E-state index contributed by atoms with van der Waals surface area (Å²) < 4.78 is 0. The van der Waals surface area contributed by atoms with E-state index >= 15 is 0 Å². The largest absolute Gasteiger partial charge is 0.411 e. The molecule has 0 aromatic heterocycles. The zero-order chi connectivity index (χ0) is 18.7. The maximum atomic E-state index is 8.74. The van der Waals surface area contributed by atoms with Crippen LogP contribution in [0, 0.1) is 22.7 Å². The molecule has 0 heterocycles. The number of nitrogens with zero attached hydrogens (tertiary/aromatic N) is 1. The van der Waals surface area contributed by atoms with E-state index in [1.165, 1.54) is 44.1 Å². The maximum Gasteiger partial charge on any atom is 0.0543 e. The van der Waals surface area contributed by atoms with Gasteiger partial charge in [0.25, 0.3) is 0 Å². The van der Waals surface area contributed by atoms with Crippen LogP contribution in [-0.4, -0.2) is 10.9 Å². The zero-order valence-electron chi connectivity index (χ0n) is 17.4. The van der Waals surface area contributed by atoms with Gasteiger partial charge in [0.2, 0.25) is 0 Å². The molecular formula is C23H39NO. The fraction of sp³-hybridized carbons (Fsp3) is 0.783. The van der Waals surface area contributed by atoms with Crippen molar-refractivity contribution in [1.82, 2.24) is 0 Å². The summed E-state index contributed by atoms with van der Waals surface area (Å²) in [5.41, 5.74) is 4.89. The molecule has 1 N–H and O–H groups in total. The van der Waals surface area contributed by atoms with Crippen LogP contribution in [0.1, 0.15) is 92.9 Å². The van der Waals surface area contributed by atoms with Crippen molar-refractivity contribution in [3.8, 4) is 0 Å². The summed E-state index contributed by atoms with van der Waals surface area (Å²) in [5.74, 6) is 1.56. The molecule has 142 valence electrons. The van der Waals surface area contributed by atoms with Gasteiger partial charge in [-0.3, -0.25) is 0 Å². The van der Waals surface area contributed by atoms with Crippen molar-refractivity contribution in [1.29, 1.82) is 0 Å². The predicted molar refractivity (Wildman–Crippen MR) is 108 cm³/mol. The highest BCUT2D eigenvalue weighted by Gasteiger charge is 2.51. The Labute approximate surface area is 155 Å². The molecule has 2 aliphatic carbocycles. The lowest BCUT2D eigenvalue weighted by Crippen LogP contribution is -2.48. The van der Waals surface area contributed by atoms with E-state index in [4.69, 9.17) is 5.21 Å². The van der Waals surface area contributed by atoms with E-state index in [9.17, 15) is 0 Å². The normalized spacial score (nSPS) is 33.0. The second-order valence-electron chi connectivity index (χ2n) is 9.60. The lowest BCUT2D eigenvalue weighted by Gasteiger charge is -2.57. The first-order chi connectivity index (χ1) is 11.7. The van der Waals surface area contributed by atoms with Crippen molar-refractivity contribution in [2.24, 2.45) is 27.8 Å². The minimum Gasteiger partial charge on any atom is -0.411 e.